The highest BCUT2D eigenvalue weighted by atomic mass is 19.1. The third-order valence-electron chi connectivity index (χ3n) is 24.2. The Morgan fingerprint density at radius 2 is 1.30 bits per heavy atom. The average Bonchev–Trinajstić information content (AvgIpc) is 1.66. The quantitative estimate of drug-likeness (QED) is 0.0101. The molecule has 3 aliphatic rings. The second-order valence-corrected chi connectivity index (χ2v) is 35.0. The highest BCUT2D eigenvalue weighted by molar-refractivity contribution is 5.97. The van der Waals surface area contributed by atoms with E-state index in [1.165, 1.54) is 83.3 Å². The van der Waals surface area contributed by atoms with Gasteiger partial charge in [0.1, 0.15) is 60.5 Å². The van der Waals surface area contributed by atoms with Crippen molar-refractivity contribution in [1.82, 2.24) is 67.5 Å². The zero-order valence-electron chi connectivity index (χ0n) is 76.1. The van der Waals surface area contributed by atoms with E-state index in [4.69, 9.17) is 18.9 Å². The number of hydrogen-bond donors (Lipinski definition) is 10. The predicted octanol–water partition coefficient (Wildman–Crippen LogP) is 8.07. The van der Waals surface area contributed by atoms with Crippen LogP contribution in [-0.4, -0.2) is 239 Å². The number of amides is 12. The monoisotopic (exact) mass is 1770 g/mol. The standard InChI is InChI=1S/C96H141FN14O16/c1-8-9-10-11-12-13-14-15-16-17-18-19-22-29-85(113)98-48-52-111(5,6)53-55-126-57-56-125-54-44-86(114)102-64-83-93(121)105-80-60-74-27-25-28-75(58-74)63-101-88(116)67-127-69(2)42-46-99-91(119)81(106-92(80)120)61-76-66-108(84-39-36-77(97)62-79(76)84)49-23-20-21-24-50-109(89(117)41-40-87(115)104-70(3)90(118)107-83)65-73-32-30-71(31-33-73)43-47-100-95(123)96(4)45-26-51-110(96)94(122)82(103-68-112)59-72-34-37-78(124-7)38-35-72/h25,27-28,30-39,58,62,66,68-70,80-83H,8-24,26,29,40-57,59-61,63-65,67H2,1-7H3,(H9-,98,99,100,101,102,103,104,105,106,107,112,113,114,115,116,118,119,120,121,123)/p+1/t69-,70+,80+,81+,82+,83-,96+/m1/s1. The number of carbonyl (C=O) groups excluding carboxylic acids is 12. The molecule has 0 aliphatic carbocycles. The van der Waals surface area contributed by atoms with Crippen molar-refractivity contribution in [3.05, 3.63) is 136 Å². The van der Waals surface area contributed by atoms with E-state index in [2.05, 4.69) is 74.2 Å². The van der Waals surface area contributed by atoms with Gasteiger partial charge in [0.2, 0.25) is 71.4 Å². The SMILES string of the molecule is CCCCCCCCCCCCCCCC(=O)NCC[N+](C)(C)CCOCCOCCC(=O)NC[C@H]1NC(=O)[C@H](C)NC(=O)CCC(=O)N(Cc2ccc(CCNC(=O)[C@]3(C)CCCN3C(=O)[C@H](Cc3ccc(OC)cc3)NC=O)cc2)CCCCCCn2cc(c3cc(F)ccc32)C[C@@H]2NC(=O)[C@H](Cc3cccc(c3)CNC(=O)CO[C@H](C)CCNC2=O)NC1=O. The van der Waals surface area contributed by atoms with E-state index in [1.807, 2.05) is 47.2 Å². The van der Waals surface area contributed by atoms with Crippen molar-refractivity contribution in [1.29, 1.82) is 0 Å². The molecule has 8 rings (SSSR count). The number of rotatable bonds is 40. The number of quaternary nitrogens is 1. The van der Waals surface area contributed by atoms with E-state index in [0.29, 0.717) is 129 Å². The Morgan fingerprint density at radius 1 is 0.638 bits per heavy atom. The molecule has 6 bridgehead atoms. The van der Waals surface area contributed by atoms with Crippen LogP contribution in [0.5, 0.6) is 5.75 Å². The summed E-state index contributed by atoms with van der Waals surface area (Å²) >= 11 is 0. The third kappa shape index (κ3) is 36.0. The molecule has 5 aromatic rings. The fraction of sp³-hybridized carbons (Fsp3) is 0.604. The summed E-state index contributed by atoms with van der Waals surface area (Å²) in [6, 6.07) is 19.6. The highest BCUT2D eigenvalue weighted by Crippen LogP contribution is 2.32. The molecule has 4 heterocycles. The lowest BCUT2D eigenvalue weighted by atomic mass is 9.95. The molecule has 1 fully saturated rings. The molecule has 7 atom stereocenters. The van der Waals surface area contributed by atoms with Crippen molar-refractivity contribution in [3.63, 3.8) is 0 Å². The second kappa shape index (κ2) is 54.7. The van der Waals surface area contributed by atoms with Gasteiger partial charge in [-0.1, -0.05) is 157 Å². The van der Waals surface area contributed by atoms with Gasteiger partial charge in [0.05, 0.1) is 66.8 Å². The maximum atomic E-state index is 15.5. The number of hydrogen-bond acceptors (Lipinski definition) is 16. The highest BCUT2D eigenvalue weighted by Gasteiger charge is 2.47. The van der Waals surface area contributed by atoms with Crippen LogP contribution >= 0.6 is 0 Å². The van der Waals surface area contributed by atoms with Crippen molar-refractivity contribution in [2.24, 2.45) is 0 Å². The van der Waals surface area contributed by atoms with Gasteiger partial charge in [0.25, 0.3) is 0 Å². The van der Waals surface area contributed by atoms with Gasteiger partial charge in [-0.15, -0.1) is 0 Å². The Hall–Kier alpha value is -10.4. The minimum Gasteiger partial charge on any atom is -0.497 e. The van der Waals surface area contributed by atoms with Gasteiger partial charge >= 0.3 is 0 Å². The Bertz CT molecular complexity index is 4340. The first kappa shape index (κ1) is 102. The van der Waals surface area contributed by atoms with Crippen LogP contribution in [0.3, 0.4) is 0 Å². The molecule has 698 valence electrons. The summed E-state index contributed by atoms with van der Waals surface area (Å²) < 4.78 is 40.9. The van der Waals surface area contributed by atoms with Gasteiger partial charge in [-0.05, 0) is 129 Å². The maximum Gasteiger partial charge on any atom is 0.246 e. The van der Waals surface area contributed by atoms with Crippen molar-refractivity contribution >= 4 is 82.3 Å². The van der Waals surface area contributed by atoms with Gasteiger partial charge in [0, 0.05) is 114 Å². The van der Waals surface area contributed by atoms with Crippen LogP contribution in [0.1, 0.15) is 215 Å². The van der Waals surface area contributed by atoms with Crippen LogP contribution in [0.2, 0.25) is 0 Å². The predicted molar refractivity (Wildman–Crippen MR) is 484 cm³/mol. The number of aryl methyl sites for hydroxylation is 1. The first-order chi connectivity index (χ1) is 61.2. The second-order valence-electron chi connectivity index (χ2n) is 35.0. The van der Waals surface area contributed by atoms with Gasteiger partial charge in [-0.25, -0.2) is 4.39 Å². The first-order valence-electron chi connectivity index (χ1n) is 46.2. The number of fused-ring (bicyclic) bond motifs is 10. The smallest absolute Gasteiger partial charge is 0.246 e. The molecule has 1 aromatic heterocycles. The van der Waals surface area contributed by atoms with Crippen LogP contribution in [0.4, 0.5) is 4.39 Å². The van der Waals surface area contributed by atoms with E-state index in [1.54, 1.807) is 73.2 Å². The summed E-state index contributed by atoms with van der Waals surface area (Å²) in [5.74, 6) is -5.58. The molecule has 10 N–H and O–H groups in total. The normalized spacial score (nSPS) is 19.9. The lowest BCUT2D eigenvalue weighted by Gasteiger charge is -2.36. The van der Waals surface area contributed by atoms with Crippen LogP contribution in [0.15, 0.2) is 97.2 Å². The number of ether oxygens (including phenoxy) is 4. The Kier molecular flexibility index (Phi) is 44.0. The number of likely N-dealkylation sites (tertiary alicyclic amines) is 1. The number of halogens is 1. The van der Waals surface area contributed by atoms with Gasteiger partial charge in [-0.2, -0.15) is 0 Å². The van der Waals surface area contributed by atoms with Crippen molar-refractivity contribution in [2.45, 2.75) is 269 Å². The number of aromatic nitrogens is 1. The largest absolute Gasteiger partial charge is 0.497 e. The zero-order chi connectivity index (χ0) is 91.4. The molecular formula is C96H142FN14O16+. The lowest BCUT2D eigenvalue weighted by Crippen LogP contribution is -2.60. The lowest BCUT2D eigenvalue weighted by molar-refractivity contribution is -0.889. The summed E-state index contributed by atoms with van der Waals surface area (Å²) in [6.07, 6.45) is 22.2. The van der Waals surface area contributed by atoms with Crippen LogP contribution < -0.4 is 57.9 Å². The molecule has 3 aliphatic heterocycles. The number of unbranched alkanes of at least 4 members (excludes halogenated alkanes) is 12. The number of benzene rings is 4. The van der Waals surface area contributed by atoms with Crippen LogP contribution in [-0.2, 0) is 117 Å². The van der Waals surface area contributed by atoms with Gasteiger partial charge in [-0.3, -0.25) is 57.5 Å². The summed E-state index contributed by atoms with van der Waals surface area (Å²) in [7, 11) is 5.71. The molecule has 30 nitrogen and oxygen atoms in total. The summed E-state index contributed by atoms with van der Waals surface area (Å²) in [5, 5.41) is 28.8. The topological polar surface area (TPSA) is 373 Å². The molecule has 12 amide bonds. The Morgan fingerprint density at radius 3 is 2.02 bits per heavy atom. The van der Waals surface area contributed by atoms with E-state index >= 15 is 14.0 Å². The number of likely N-dealkylation sites (N-methyl/N-ethyl adjacent to an activating group) is 1. The molecule has 1 saturated heterocycles. The number of nitrogens with one attached hydrogen (secondary N) is 10. The molecule has 4 aromatic carbocycles. The third-order valence-corrected chi connectivity index (χ3v) is 24.2. The molecule has 31 heteroatoms. The minimum atomic E-state index is -1.60. The molecule has 0 spiro atoms. The van der Waals surface area contributed by atoms with Crippen LogP contribution in [0.25, 0.3) is 10.9 Å². The van der Waals surface area contributed by atoms with Crippen LogP contribution in [0, 0.1) is 5.82 Å². The molecule has 127 heavy (non-hydrogen) atoms. The summed E-state index contributed by atoms with van der Waals surface area (Å²) in [6.45, 7) is 10.9. The number of carbonyl (C=O) groups is 12. The summed E-state index contributed by atoms with van der Waals surface area (Å²) in [4.78, 5) is 170. The summed E-state index contributed by atoms with van der Waals surface area (Å²) in [5.41, 5.74) is 3.74. The van der Waals surface area contributed by atoms with Gasteiger partial charge in [0.15, 0.2) is 0 Å². The van der Waals surface area contributed by atoms with E-state index < -0.39 is 89.7 Å². The molecule has 0 saturated carbocycles. The molecule has 0 radical (unpaired) electrons. The van der Waals surface area contributed by atoms with E-state index in [0.717, 1.165) is 48.9 Å². The van der Waals surface area contributed by atoms with Crippen molar-refractivity contribution < 1.29 is 85.4 Å². The fourth-order valence-corrected chi connectivity index (χ4v) is 16.2. The Labute approximate surface area is 749 Å². The van der Waals surface area contributed by atoms with Crippen molar-refractivity contribution in [2.75, 3.05) is 107 Å². The van der Waals surface area contributed by atoms with Gasteiger partial charge < -0.3 is 91.0 Å². The van der Waals surface area contributed by atoms with E-state index in [9.17, 15) is 47.9 Å². The average molecular weight is 1770 g/mol. The minimum absolute atomic E-state index is 0.0336. The van der Waals surface area contributed by atoms with E-state index in [-0.39, 0.29) is 127 Å². The first-order valence-corrected chi connectivity index (χ1v) is 46.2. The number of nitrogens with zero attached hydrogens (tertiary/aromatic N) is 4. The Balaban J connectivity index is 0.921. The maximum absolute atomic E-state index is 15.5. The number of methoxy groups -OCH3 is 1. The molecule has 0 unspecified atom stereocenters. The molecular weight excluding hydrogens is 1620 g/mol. The van der Waals surface area contributed by atoms with Crippen molar-refractivity contribution in [3.8, 4) is 5.75 Å². The zero-order valence-corrected chi connectivity index (χ0v) is 76.1. The fourth-order valence-electron chi connectivity index (χ4n) is 16.2.